The Labute approximate surface area is 200 Å². The maximum atomic E-state index is 6.11. The number of piperidine rings is 1. The number of aliphatic imine (C=N–C) groups is 1. The molecule has 4 rings (SSSR count). The Morgan fingerprint density at radius 1 is 1.16 bits per heavy atom. The smallest absolute Gasteiger partial charge is 0.0492 e. The summed E-state index contributed by atoms with van der Waals surface area (Å²) in [5.74, 6) is 3.17. The monoisotopic (exact) mass is 453 g/mol. The first-order valence-corrected chi connectivity index (χ1v) is 13.0. The summed E-state index contributed by atoms with van der Waals surface area (Å²) in [6.45, 7) is 10.3. The van der Waals surface area contributed by atoms with Crippen molar-refractivity contribution in [2.45, 2.75) is 45.6 Å². The summed E-state index contributed by atoms with van der Waals surface area (Å²) >= 11 is 6.11. The van der Waals surface area contributed by atoms with Crippen molar-refractivity contribution in [2.24, 2.45) is 34.6 Å². The second kappa shape index (κ2) is 11.6. The average Bonchev–Trinajstić information content (AvgIpc) is 2.83. The molecule has 3 unspecified atom stereocenters. The highest BCUT2D eigenvalue weighted by Crippen LogP contribution is 2.32. The van der Waals surface area contributed by atoms with Crippen LogP contribution in [0.2, 0.25) is 0 Å². The third-order valence-electron chi connectivity index (χ3n) is 7.67. The van der Waals surface area contributed by atoms with E-state index in [-0.39, 0.29) is 0 Å². The largest absolute Gasteiger partial charge is 0.312 e. The van der Waals surface area contributed by atoms with E-state index in [1.54, 1.807) is 0 Å². The molecule has 0 aromatic heterocycles. The van der Waals surface area contributed by atoms with Gasteiger partial charge in [0.25, 0.3) is 0 Å². The molecule has 0 bridgehead atoms. The molecule has 2 heterocycles. The molecule has 0 radical (unpaired) electrons. The molecule has 1 N–H and O–H groups in total. The fraction of sp³-hybridized carbons (Fsp3) is 0.607. The summed E-state index contributed by atoms with van der Waals surface area (Å²) in [6.07, 6.45) is 24.9. The van der Waals surface area contributed by atoms with Gasteiger partial charge in [0.15, 0.2) is 0 Å². The first-order chi connectivity index (χ1) is 15.6. The maximum absolute atomic E-state index is 6.11. The molecule has 4 atom stereocenters. The highest BCUT2D eigenvalue weighted by molar-refractivity contribution is 6.31. The van der Waals surface area contributed by atoms with Gasteiger partial charge in [0.05, 0.1) is 0 Å². The van der Waals surface area contributed by atoms with E-state index in [0.29, 0.717) is 29.7 Å². The molecule has 4 aliphatic rings. The third-order valence-corrected chi connectivity index (χ3v) is 7.95. The minimum Gasteiger partial charge on any atom is -0.312 e. The van der Waals surface area contributed by atoms with Crippen LogP contribution in [0.15, 0.2) is 64.2 Å². The van der Waals surface area contributed by atoms with Gasteiger partial charge in [0, 0.05) is 42.8 Å². The van der Waals surface area contributed by atoms with Gasteiger partial charge in [0.1, 0.15) is 0 Å². The number of allylic oxidation sites excluding steroid dienone is 7. The molecule has 4 heteroatoms. The molecule has 2 aliphatic carbocycles. The number of likely N-dealkylation sites (tertiary alicyclic amines) is 1. The first-order valence-electron chi connectivity index (χ1n) is 12.6. The fourth-order valence-corrected chi connectivity index (χ4v) is 5.64. The lowest BCUT2D eigenvalue weighted by Crippen LogP contribution is -2.48. The highest BCUT2D eigenvalue weighted by Gasteiger charge is 2.27. The second-order valence-electron chi connectivity index (χ2n) is 10.3. The molecule has 1 saturated heterocycles. The minimum absolute atomic E-state index is 0.451. The van der Waals surface area contributed by atoms with Crippen LogP contribution in [0.4, 0.5) is 0 Å². The number of hydrogen-bond donors (Lipinski definition) is 1. The molecule has 0 saturated carbocycles. The lowest BCUT2D eigenvalue weighted by Gasteiger charge is -2.38. The summed E-state index contributed by atoms with van der Waals surface area (Å²) in [5.41, 5.74) is 1.44. The van der Waals surface area contributed by atoms with E-state index in [1.807, 2.05) is 6.21 Å². The predicted octanol–water partition coefficient (Wildman–Crippen LogP) is 5.77. The summed E-state index contributed by atoms with van der Waals surface area (Å²) < 4.78 is 0. The van der Waals surface area contributed by atoms with Gasteiger partial charge in [-0.3, -0.25) is 4.99 Å². The van der Waals surface area contributed by atoms with E-state index >= 15 is 0 Å². The van der Waals surface area contributed by atoms with E-state index in [4.69, 9.17) is 11.6 Å². The normalized spacial score (nSPS) is 29.9. The molecule has 32 heavy (non-hydrogen) atoms. The topological polar surface area (TPSA) is 27.6 Å². The molecule has 1 fully saturated rings. The minimum atomic E-state index is 0.451. The van der Waals surface area contributed by atoms with Gasteiger partial charge in [0.2, 0.25) is 0 Å². The number of hydrogen-bond acceptors (Lipinski definition) is 3. The fourth-order valence-electron chi connectivity index (χ4n) is 5.48. The van der Waals surface area contributed by atoms with Crippen LogP contribution < -0.4 is 5.32 Å². The Morgan fingerprint density at radius 3 is 2.69 bits per heavy atom. The zero-order chi connectivity index (χ0) is 22.3. The van der Waals surface area contributed by atoms with Crippen LogP contribution in [0.5, 0.6) is 0 Å². The molecule has 0 aromatic carbocycles. The third kappa shape index (κ3) is 6.56. The number of halogens is 1. The highest BCUT2D eigenvalue weighted by atomic mass is 35.5. The Morgan fingerprint density at radius 2 is 2.00 bits per heavy atom. The Kier molecular flexibility index (Phi) is 8.62. The van der Waals surface area contributed by atoms with Crippen molar-refractivity contribution in [1.82, 2.24) is 10.2 Å². The van der Waals surface area contributed by atoms with Crippen LogP contribution in [-0.4, -0.2) is 49.9 Å². The van der Waals surface area contributed by atoms with E-state index in [2.05, 4.69) is 77.7 Å². The molecule has 0 amide bonds. The zero-order valence-electron chi connectivity index (χ0n) is 19.8. The second-order valence-corrected chi connectivity index (χ2v) is 10.8. The van der Waals surface area contributed by atoms with Gasteiger partial charge < -0.3 is 10.2 Å². The van der Waals surface area contributed by atoms with Crippen molar-refractivity contribution in [3.8, 4) is 0 Å². The van der Waals surface area contributed by atoms with Gasteiger partial charge in [-0.1, -0.05) is 61.9 Å². The maximum Gasteiger partial charge on any atom is 0.0492 e. The van der Waals surface area contributed by atoms with Crippen LogP contribution >= 0.6 is 11.6 Å². The molecule has 2 aliphatic heterocycles. The summed E-state index contributed by atoms with van der Waals surface area (Å²) in [5, 5.41) is 4.84. The van der Waals surface area contributed by atoms with Crippen LogP contribution in [0.3, 0.4) is 0 Å². The Balaban J connectivity index is 1.23. The Bertz CT molecular complexity index is 795. The van der Waals surface area contributed by atoms with E-state index in [0.717, 1.165) is 43.4 Å². The lowest BCUT2D eigenvalue weighted by molar-refractivity contribution is 0.138. The number of nitrogens with one attached hydrogen (secondary N) is 1. The van der Waals surface area contributed by atoms with Crippen LogP contribution in [0.1, 0.15) is 39.5 Å². The van der Waals surface area contributed by atoms with Crippen LogP contribution in [0.25, 0.3) is 0 Å². The molecule has 3 nitrogen and oxygen atoms in total. The van der Waals surface area contributed by atoms with E-state index < -0.39 is 0 Å². The summed E-state index contributed by atoms with van der Waals surface area (Å²) in [7, 11) is 0. The molecule has 174 valence electrons. The molecule has 0 aromatic rings. The lowest BCUT2D eigenvalue weighted by atomic mass is 9.80. The number of nitrogens with zero attached hydrogens (tertiary/aromatic N) is 2. The predicted molar refractivity (Wildman–Crippen MR) is 138 cm³/mol. The van der Waals surface area contributed by atoms with E-state index in [1.165, 1.54) is 31.5 Å². The van der Waals surface area contributed by atoms with Gasteiger partial charge in [-0.15, -0.1) is 0 Å². The van der Waals surface area contributed by atoms with E-state index in [9.17, 15) is 0 Å². The number of dihydropyridines is 1. The van der Waals surface area contributed by atoms with Gasteiger partial charge in [-0.2, -0.15) is 0 Å². The zero-order valence-corrected chi connectivity index (χ0v) is 20.6. The SMILES string of the molecule is CC(C)[C@H](CN1CCC(C2C=CC(Cl)=CC2)CC1)NCC1C=C(C2C=CC=NC2)C=CC1. The molecule has 0 spiro atoms. The van der Waals surface area contributed by atoms with Crippen molar-refractivity contribution < 1.29 is 0 Å². The standard InChI is InChI=1S/C28H40ClN3/c1-21(2)28(20-32-15-12-24(13-16-32)23-8-10-27(29)11-9-23)31-18-22-5-3-6-25(17-22)26-7-4-14-30-19-26/h3-4,6-8,10-11,14,17,21-24,26,28,31H,5,9,12-13,15-16,18-20H2,1-2H3/t22?,23?,26?,28-/m0/s1. The quantitative estimate of drug-likeness (QED) is 0.505. The van der Waals surface area contributed by atoms with Crippen molar-refractivity contribution >= 4 is 17.8 Å². The van der Waals surface area contributed by atoms with Crippen molar-refractivity contribution in [3.63, 3.8) is 0 Å². The first kappa shape index (κ1) is 23.7. The average molecular weight is 454 g/mol. The summed E-state index contributed by atoms with van der Waals surface area (Å²) in [4.78, 5) is 7.13. The molecular formula is C28H40ClN3. The van der Waals surface area contributed by atoms with Crippen molar-refractivity contribution in [3.05, 3.63) is 59.2 Å². The van der Waals surface area contributed by atoms with Gasteiger partial charge in [-0.05, 0) is 80.2 Å². The van der Waals surface area contributed by atoms with Crippen LogP contribution in [-0.2, 0) is 0 Å². The number of rotatable bonds is 8. The molecular weight excluding hydrogens is 414 g/mol. The van der Waals surface area contributed by atoms with Gasteiger partial charge in [-0.25, -0.2) is 0 Å². The van der Waals surface area contributed by atoms with Crippen molar-refractivity contribution in [1.29, 1.82) is 0 Å². The Hall–Kier alpha value is -1.42. The van der Waals surface area contributed by atoms with Crippen molar-refractivity contribution in [2.75, 3.05) is 32.7 Å². The van der Waals surface area contributed by atoms with Crippen LogP contribution in [0, 0.1) is 29.6 Å². The summed E-state index contributed by atoms with van der Waals surface area (Å²) in [6, 6.07) is 0.546. The van der Waals surface area contributed by atoms with Gasteiger partial charge >= 0.3 is 0 Å².